The Morgan fingerprint density at radius 1 is 1.05 bits per heavy atom. The average molecular weight is 587 g/mol. The van der Waals surface area contributed by atoms with Gasteiger partial charge in [-0.25, -0.2) is 9.78 Å². The number of anilines is 1. The average Bonchev–Trinajstić information content (AvgIpc) is 3.53. The number of aromatic amines is 2. The maximum absolute atomic E-state index is 13.0. The van der Waals surface area contributed by atoms with Crippen molar-refractivity contribution in [2.75, 3.05) is 18.5 Å². The number of aliphatic hydroxyl groups is 4. The summed E-state index contributed by atoms with van der Waals surface area (Å²) in [5, 5.41) is 41.4. The van der Waals surface area contributed by atoms with Gasteiger partial charge in [0, 0.05) is 12.3 Å². The number of aromatic nitrogens is 6. The van der Waals surface area contributed by atoms with Crippen LogP contribution < -0.4 is 22.5 Å². The van der Waals surface area contributed by atoms with Crippen molar-refractivity contribution >= 4 is 24.7 Å². The van der Waals surface area contributed by atoms with Crippen LogP contribution in [-0.4, -0.2) is 104 Å². The standard InChI is InChI=1S/C20H26N7O12P/c21-19-24-15-10(16(33)25-19)22-6-27(15)18-13(32)14(8(5-28)38-18)39-40(35,36)4-2-7-11(30)12(31)17(37-7)26-3-1-9(29)23-20(26)34/h1,3,6-8,11-14,17-18,28,30-32H,2,4-5H2,(H,35,36)(H,23,29,34)(H3,21,24,25,33)/t7-,8-,11-,12-,13-,14-,17-,18-/m1/s1. The maximum Gasteiger partial charge on any atom is 0.330 e. The van der Waals surface area contributed by atoms with Gasteiger partial charge < -0.3 is 40.5 Å². The number of nitrogens with one attached hydrogen (secondary N) is 2. The Morgan fingerprint density at radius 3 is 2.45 bits per heavy atom. The third-order valence-corrected chi connectivity index (χ3v) is 8.06. The number of H-pyrrole nitrogens is 2. The summed E-state index contributed by atoms with van der Waals surface area (Å²) in [6.45, 7) is -0.715. The zero-order valence-electron chi connectivity index (χ0n) is 20.4. The molecule has 2 aliphatic rings. The number of nitrogens with two attached hydrogens (primary N) is 1. The normalized spacial score (nSPS) is 32.0. The molecule has 3 aromatic rings. The third kappa shape index (κ3) is 5.14. The number of rotatable bonds is 8. The first kappa shape index (κ1) is 28.3. The topological polar surface area (TPSA) is 290 Å². The number of nitrogens with zero attached hydrogens (tertiary/aromatic N) is 4. The fourth-order valence-electron chi connectivity index (χ4n) is 4.71. The van der Waals surface area contributed by atoms with E-state index >= 15 is 0 Å². The van der Waals surface area contributed by atoms with Gasteiger partial charge in [-0.3, -0.25) is 37.8 Å². The predicted octanol–water partition coefficient (Wildman–Crippen LogP) is -3.92. The molecule has 0 spiro atoms. The van der Waals surface area contributed by atoms with E-state index in [0.29, 0.717) is 0 Å². The van der Waals surface area contributed by atoms with E-state index < -0.39 is 86.3 Å². The van der Waals surface area contributed by atoms with Gasteiger partial charge in [0.2, 0.25) is 5.95 Å². The molecule has 40 heavy (non-hydrogen) atoms. The van der Waals surface area contributed by atoms with Crippen LogP contribution in [0, 0.1) is 0 Å². The van der Waals surface area contributed by atoms with Crippen molar-refractivity contribution in [3.8, 4) is 0 Å². The van der Waals surface area contributed by atoms with Crippen LogP contribution >= 0.6 is 7.60 Å². The summed E-state index contributed by atoms with van der Waals surface area (Å²) in [6.07, 6.45) is -10.2. The molecule has 218 valence electrons. The first-order valence-corrected chi connectivity index (χ1v) is 13.7. The number of fused-ring (bicyclic) bond motifs is 1. The zero-order chi connectivity index (χ0) is 28.9. The van der Waals surface area contributed by atoms with Crippen molar-refractivity contribution in [3.05, 3.63) is 49.8 Å². The Balaban J connectivity index is 1.28. The van der Waals surface area contributed by atoms with Crippen LogP contribution in [-0.2, 0) is 18.6 Å². The molecule has 9 N–H and O–H groups in total. The lowest BCUT2D eigenvalue weighted by Gasteiger charge is -2.24. The van der Waals surface area contributed by atoms with Gasteiger partial charge in [0.1, 0.15) is 30.5 Å². The second-order valence-electron chi connectivity index (χ2n) is 9.30. The Hall–Kier alpha value is -3.26. The van der Waals surface area contributed by atoms with Gasteiger partial charge in [0.15, 0.2) is 23.6 Å². The Morgan fingerprint density at radius 2 is 1.75 bits per heavy atom. The fraction of sp³-hybridized carbons (Fsp3) is 0.550. The number of ether oxygens (including phenoxy) is 2. The first-order chi connectivity index (χ1) is 18.9. The van der Waals surface area contributed by atoms with Crippen LogP contribution in [0.25, 0.3) is 11.2 Å². The second kappa shape index (κ2) is 10.6. The summed E-state index contributed by atoms with van der Waals surface area (Å²) in [4.78, 5) is 58.1. The third-order valence-electron chi connectivity index (χ3n) is 6.66. The molecule has 2 aliphatic heterocycles. The van der Waals surface area contributed by atoms with Crippen molar-refractivity contribution < 1.29 is 43.9 Å². The van der Waals surface area contributed by atoms with Crippen LogP contribution in [0.2, 0.25) is 0 Å². The van der Waals surface area contributed by atoms with Crippen LogP contribution in [0.5, 0.6) is 0 Å². The largest absolute Gasteiger partial charge is 0.394 e. The Labute approximate surface area is 221 Å². The molecule has 5 heterocycles. The van der Waals surface area contributed by atoms with Crippen molar-refractivity contribution in [3.63, 3.8) is 0 Å². The minimum atomic E-state index is -4.56. The lowest BCUT2D eigenvalue weighted by Crippen LogP contribution is -2.37. The molecule has 0 aliphatic carbocycles. The van der Waals surface area contributed by atoms with E-state index in [4.69, 9.17) is 19.7 Å². The molecule has 9 atom stereocenters. The smallest absolute Gasteiger partial charge is 0.330 e. The predicted molar refractivity (Wildman–Crippen MR) is 131 cm³/mol. The minimum Gasteiger partial charge on any atom is -0.394 e. The van der Waals surface area contributed by atoms with E-state index in [1.807, 2.05) is 4.98 Å². The fourth-order valence-corrected chi connectivity index (χ4v) is 6.04. The molecule has 19 nitrogen and oxygen atoms in total. The first-order valence-electron chi connectivity index (χ1n) is 11.9. The SMILES string of the molecule is Nc1nc2c(ncn2[C@@H]2O[C@H](CO)[C@@H](OP(=O)(O)CC[C@H]3O[C@@H](n4ccc(=O)[nH]c4=O)[C@H](O)[C@@H]3O)[C@H]2O)c(=O)[nH]1. The second-order valence-corrected chi connectivity index (χ2v) is 11.2. The highest BCUT2D eigenvalue weighted by molar-refractivity contribution is 7.52. The van der Waals surface area contributed by atoms with Gasteiger partial charge in [0.25, 0.3) is 11.1 Å². The molecular formula is C20H26N7O12P. The van der Waals surface area contributed by atoms with Crippen molar-refractivity contribution in [2.24, 2.45) is 0 Å². The van der Waals surface area contributed by atoms with E-state index in [1.54, 1.807) is 0 Å². The van der Waals surface area contributed by atoms with E-state index in [0.717, 1.165) is 23.2 Å². The summed E-state index contributed by atoms with van der Waals surface area (Å²) in [5.41, 5.74) is 3.22. The van der Waals surface area contributed by atoms with Gasteiger partial charge >= 0.3 is 13.3 Å². The van der Waals surface area contributed by atoms with Crippen LogP contribution in [0.3, 0.4) is 0 Å². The molecule has 3 aromatic heterocycles. The summed E-state index contributed by atoms with van der Waals surface area (Å²) in [6, 6.07) is 1.02. The van der Waals surface area contributed by atoms with Gasteiger partial charge in [-0.1, -0.05) is 0 Å². The number of imidazole rings is 1. The molecule has 20 heteroatoms. The molecule has 2 saturated heterocycles. The lowest BCUT2D eigenvalue weighted by atomic mass is 10.1. The van der Waals surface area contributed by atoms with Gasteiger partial charge in [0.05, 0.1) is 25.2 Å². The van der Waals surface area contributed by atoms with E-state index in [-0.39, 0.29) is 23.5 Å². The summed E-state index contributed by atoms with van der Waals surface area (Å²) >= 11 is 0. The molecule has 2 fully saturated rings. The number of nitrogen functional groups attached to an aromatic ring is 1. The summed E-state index contributed by atoms with van der Waals surface area (Å²) in [7, 11) is -4.56. The summed E-state index contributed by atoms with van der Waals surface area (Å²) in [5.74, 6) is -0.229. The van der Waals surface area contributed by atoms with Crippen LogP contribution in [0.4, 0.5) is 5.95 Å². The van der Waals surface area contributed by atoms with Crippen molar-refractivity contribution in [1.29, 1.82) is 0 Å². The van der Waals surface area contributed by atoms with Crippen molar-refractivity contribution in [1.82, 2.24) is 29.1 Å². The molecule has 0 amide bonds. The monoisotopic (exact) mass is 587 g/mol. The molecule has 0 saturated carbocycles. The van der Waals surface area contributed by atoms with E-state index in [2.05, 4.69) is 15.0 Å². The quantitative estimate of drug-likeness (QED) is 0.117. The summed E-state index contributed by atoms with van der Waals surface area (Å²) < 4.78 is 31.4. The van der Waals surface area contributed by atoms with Gasteiger partial charge in [-0.15, -0.1) is 0 Å². The van der Waals surface area contributed by atoms with Crippen molar-refractivity contribution in [2.45, 2.75) is 55.5 Å². The number of hydrogen-bond donors (Lipinski definition) is 8. The van der Waals surface area contributed by atoms with Gasteiger partial charge in [-0.05, 0) is 6.42 Å². The lowest BCUT2D eigenvalue weighted by molar-refractivity contribution is -0.0506. The Bertz CT molecular complexity index is 1620. The minimum absolute atomic E-state index is 0.0445. The molecule has 1 unspecified atom stereocenters. The zero-order valence-corrected chi connectivity index (χ0v) is 21.3. The van der Waals surface area contributed by atoms with Gasteiger partial charge in [-0.2, -0.15) is 4.98 Å². The van der Waals surface area contributed by atoms with Crippen LogP contribution in [0.1, 0.15) is 18.9 Å². The molecule has 0 bridgehead atoms. The van der Waals surface area contributed by atoms with E-state index in [9.17, 15) is 44.3 Å². The molecular weight excluding hydrogens is 561 g/mol. The number of aliphatic hydroxyl groups excluding tert-OH is 4. The molecule has 0 aromatic carbocycles. The highest BCUT2D eigenvalue weighted by Gasteiger charge is 2.49. The molecule has 5 rings (SSSR count). The number of hydrogen-bond acceptors (Lipinski definition) is 14. The maximum atomic E-state index is 13.0. The molecule has 0 radical (unpaired) electrons. The van der Waals surface area contributed by atoms with Crippen LogP contribution in [0.15, 0.2) is 33.0 Å². The highest BCUT2D eigenvalue weighted by atomic mass is 31.2. The van der Waals surface area contributed by atoms with E-state index in [1.165, 1.54) is 4.57 Å². The highest BCUT2D eigenvalue weighted by Crippen LogP contribution is 2.49. The Kier molecular flexibility index (Phi) is 7.50.